The minimum atomic E-state index is 0.158. The molecule has 0 atom stereocenters. The van der Waals surface area contributed by atoms with E-state index in [2.05, 4.69) is 14.9 Å². The van der Waals surface area contributed by atoms with E-state index in [1.165, 1.54) is 5.56 Å². The number of amides is 1. The van der Waals surface area contributed by atoms with Crippen molar-refractivity contribution in [1.82, 2.24) is 14.9 Å². The molecule has 1 fully saturated rings. The summed E-state index contributed by atoms with van der Waals surface area (Å²) >= 11 is 0. The summed E-state index contributed by atoms with van der Waals surface area (Å²) in [6.45, 7) is 2.96. The number of hydrogen-bond acceptors (Lipinski definition) is 4. The van der Waals surface area contributed by atoms with Gasteiger partial charge in [-0.3, -0.25) is 19.7 Å². The highest BCUT2D eigenvalue weighted by Gasteiger charge is 2.25. The summed E-state index contributed by atoms with van der Waals surface area (Å²) < 4.78 is 0. The van der Waals surface area contributed by atoms with Crippen LogP contribution in [-0.2, 0) is 11.2 Å². The van der Waals surface area contributed by atoms with Gasteiger partial charge in [-0.25, -0.2) is 0 Å². The van der Waals surface area contributed by atoms with Crippen LogP contribution >= 0.6 is 0 Å². The molecule has 0 saturated carbocycles. The van der Waals surface area contributed by atoms with Crippen molar-refractivity contribution in [2.75, 3.05) is 31.1 Å². The zero-order chi connectivity index (χ0) is 17.1. The third-order valence-corrected chi connectivity index (χ3v) is 4.71. The number of anilines is 1. The van der Waals surface area contributed by atoms with Gasteiger partial charge in [0.15, 0.2) is 0 Å². The first kappa shape index (κ1) is 15.7. The number of fused-ring (bicyclic) bond motifs is 1. The molecule has 2 aromatic heterocycles. The van der Waals surface area contributed by atoms with E-state index >= 15 is 0 Å². The van der Waals surface area contributed by atoms with E-state index in [0.717, 1.165) is 42.5 Å². The molecule has 25 heavy (non-hydrogen) atoms. The van der Waals surface area contributed by atoms with Gasteiger partial charge in [0.25, 0.3) is 0 Å². The normalized spacial score (nSPS) is 15.7. The summed E-state index contributed by atoms with van der Waals surface area (Å²) in [6.07, 6.45) is 8.19. The van der Waals surface area contributed by atoms with Crippen molar-refractivity contribution in [3.05, 3.63) is 66.7 Å². The Hall–Kier alpha value is -2.79. The molecule has 5 heteroatoms. The van der Waals surface area contributed by atoms with Crippen molar-refractivity contribution in [1.29, 1.82) is 0 Å². The van der Waals surface area contributed by atoms with E-state index in [9.17, 15) is 4.79 Å². The van der Waals surface area contributed by atoms with E-state index in [4.69, 9.17) is 0 Å². The van der Waals surface area contributed by atoms with E-state index in [1.807, 2.05) is 59.9 Å². The van der Waals surface area contributed by atoms with Gasteiger partial charge in [-0.05, 0) is 36.2 Å². The lowest BCUT2D eigenvalue weighted by atomic mass is 10.1. The molecule has 5 nitrogen and oxygen atoms in total. The Morgan fingerprint density at radius 2 is 1.80 bits per heavy atom. The van der Waals surface area contributed by atoms with Crippen LogP contribution in [0.3, 0.4) is 0 Å². The van der Waals surface area contributed by atoms with Crippen molar-refractivity contribution >= 4 is 22.4 Å². The highest BCUT2D eigenvalue weighted by atomic mass is 16.2. The van der Waals surface area contributed by atoms with Crippen LogP contribution in [0.25, 0.3) is 10.8 Å². The summed E-state index contributed by atoms with van der Waals surface area (Å²) in [5.74, 6) is 0.158. The van der Waals surface area contributed by atoms with Gasteiger partial charge >= 0.3 is 0 Å². The van der Waals surface area contributed by atoms with Crippen LogP contribution in [0.5, 0.6) is 0 Å². The van der Waals surface area contributed by atoms with E-state index in [0.29, 0.717) is 6.54 Å². The van der Waals surface area contributed by atoms with Crippen LogP contribution in [0.2, 0.25) is 0 Å². The Bertz CT molecular complexity index is 876. The van der Waals surface area contributed by atoms with Gasteiger partial charge in [-0.2, -0.15) is 0 Å². The van der Waals surface area contributed by atoms with Crippen molar-refractivity contribution in [2.24, 2.45) is 0 Å². The monoisotopic (exact) mass is 332 g/mol. The minimum absolute atomic E-state index is 0.158. The number of nitrogens with zero attached hydrogens (tertiary/aromatic N) is 4. The van der Waals surface area contributed by atoms with Gasteiger partial charge in [0, 0.05) is 55.2 Å². The fourth-order valence-electron chi connectivity index (χ4n) is 3.34. The summed E-state index contributed by atoms with van der Waals surface area (Å²) in [7, 11) is 0. The Kier molecular flexibility index (Phi) is 4.39. The molecule has 3 heterocycles. The average Bonchev–Trinajstić information content (AvgIpc) is 2.67. The number of carbonyl (C=O) groups excluding carboxylic acids is 1. The van der Waals surface area contributed by atoms with Crippen LogP contribution in [-0.4, -0.2) is 47.0 Å². The fourth-order valence-corrected chi connectivity index (χ4v) is 3.34. The van der Waals surface area contributed by atoms with Gasteiger partial charge in [0.1, 0.15) is 0 Å². The van der Waals surface area contributed by atoms with Crippen LogP contribution in [0.4, 0.5) is 5.69 Å². The predicted octanol–water partition coefficient (Wildman–Crippen LogP) is 2.52. The van der Waals surface area contributed by atoms with Gasteiger partial charge in [-0.15, -0.1) is 0 Å². The molecule has 1 saturated heterocycles. The zero-order valence-corrected chi connectivity index (χ0v) is 14.0. The second-order valence-electron chi connectivity index (χ2n) is 6.30. The van der Waals surface area contributed by atoms with Gasteiger partial charge < -0.3 is 4.90 Å². The lowest BCUT2D eigenvalue weighted by Gasteiger charge is -2.34. The molecule has 126 valence electrons. The number of carbonyl (C=O) groups is 1. The molecule has 4 rings (SSSR count). The molecule has 3 aromatic rings. The van der Waals surface area contributed by atoms with Crippen molar-refractivity contribution < 1.29 is 4.79 Å². The van der Waals surface area contributed by atoms with Crippen LogP contribution < -0.4 is 4.90 Å². The quantitative estimate of drug-likeness (QED) is 0.737. The van der Waals surface area contributed by atoms with Crippen LogP contribution in [0, 0.1) is 0 Å². The highest BCUT2D eigenvalue weighted by molar-refractivity contribution is 6.04. The smallest absolute Gasteiger partial charge is 0.241 e. The number of hydrogen-bond donors (Lipinski definition) is 0. The van der Waals surface area contributed by atoms with E-state index in [-0.39, 0.29) is 5.91 Å². The second-order valence-corrected chi connectivity index (χ2v) is 6.30. The molecule has 0 radical (unpaired) electrons. The van der Waals surface area contributed by atoms with Crippen LogP contribution in [0.1, 0.15) is 5.56 Å². The number of aromatic nitrogens is 2. The first-order valence-corrected chi connectivity index (χ1v) is 8.55. The molecule has 1 amide bonds. The number of piperazine rings is 1. The molecule has 1 aliphatic rings. The van der Waals surface area contributed by atoms with Crippen molar-refractivity contribution in [2.45, 2.75) is 6.42 Å². The first-order valence-electron chi connectivity index (χ1n) is 8.55. The van der Waals surface area contributed by atoms with Gasteiger partial charge in [-0.1, -0.05) is 12.1 Å². The molecular weight excluding hydrogens is 312 g/mol. The van der Waals surface area contributed by atoms with Crippen molar-refractivity contribution in [3.8, 4) is 0 Å². The molecule has 0 aliphatic carbocycles. The van der Waals surface area contributed by atoms with Gasteiger partial charge in [0.2, 0.25) is 5.91 Å². The van der Waals surface area contributed by atoms with Crippen LogP contribution in [0.15, 0.2) is 61.2 Å². The maximum Gasteiger partial charge on any atom is 0.241 e. The Balaban J connectivity index is 1.45. The number of benzene rings is 1. The van der Waals surface area contributed by atoms with Gasteiger partial charge in [0.05, 0.1) is 12.2 Å². The Morgan fingerprint density at radius 1 is 0.960 bits per heavy atom. The molecule has 1 aromatic carbocycles. The number of rotatable bonds is 4. The Morgan fingerprint density at radius 3 is 2.64 bits per heavy atom. The van der Waals surface area contributed by atoms with E-state index in [1.54, 1.807) is 6.20 Å². The predicted molar refractivity (Wildman–Crippen MR) is 98.5 cm³/mol. The Labute approximate surface area is 146 Å². The SMILES string of the molecule is O=C1CN(CCc2ccncc2)CCN1c1cccc2cnccc12. The third kappa shape index (κ3) is 3.37. The highest BCUT2D eigenvalue weighted by Crippen LogP contribution is 2.27. The largest absolute Gasteiger partial charge is 0.309 e. The average molecular weight is 332 g/mol. The fraction of sp³-hybridized carbons (Fsp3) is 0.250. The summed E-state index contributed by atoms with van der Waals surface area (Å²) in [6, 6.07) is 12.1. The molecule has 0 unspecified atom stereocenters. The first-order chi connectivity index (χ1) is 12.3. The maximum absolute atomic E-state index is 12.7. The topological polar surface area (TPSA) is 49.3 Å². The van der Waals surface area contributed by atoms with Crippen molar-refractivity contribution in [3.63, 3.8) is 0 Å². The van der Waals surface area contributed by atoms with E-state index < -0.39 is 0 Å². The second kappa shape index (κ2) is 6.99. The third-order valence-electron chi connectivity index (χ3n) is 4.71. The molecule has 0 spiro atoms. The molecule has 0 N–H and O–H groups in total. The number of pyridine rings is 2. The molecule has 1 aliphatic heterocycles. The standard InChI is InChI=1S/C20H20N4O/c25-20-15-23(11-7-16-4-8-21-9-5-16)12-13-24(20)19-3-1-2-17-14-22-10-6-18(17)19/h1-6,8-10,14H,7,11-13,15H2. The lowest BCUT2D eigenvalue weighted by Crippen LogP contribution is -2.51. The molecular formula is C20H20N4O. The minimum Gasteiger partial charge on any atom is -0.309 e. The summed E-state index contributed by atoms with van der Waals surface area (Å²) in [4.78, 5) is 25.1. The summed E-state index contributed by atoms with van der Waals surface area (Å²) in [5.41, 5.74) is 2.24. The molecule has 0 bridgehead atoms. The zero-order valence-electron chi connectivity index (χ0n) is 14.0. The maximum atomic E-state index is 12.7. The lowest BCUT2D eigenvalue weighted by molar-refractivity contribution is -0.121. The summed E-state index contributed by atoms with van der Waals surface area (Å²) in [5, 5.41) is 2.14.